The van der Waals surface area contributed by atoms with Crippen LogP contribution in [0.15, 0.2) is 10.4 Å². The van der Waals surface area contributed by atoms with Crippen molar-refractivity contribution in [3.05, 3.63) is 16.1 Å². The summed E-state index contributed by atoms with van der Waals surface area (Å²) in [6, 6.07) is 0. The number of sulfonamides is 1. The summed E-state index contributed by atoms with van der Waals surface area (Å²) >= 11 is 1.66. The largest absolute Gasteiger partial charge is 0.357 e. The minimum atomic E-state index is -3.06. The molecule has 0 unspecified atom stereocenters. The van der Waals surface area contributed by atoms with Crippen LogP contribution in [-0.4, -0.2) is 68.0 Å². The second kappa shape index (κ2) is 10.8. The van der Waals surface area contributed by atoms with Gasteiger partial charge in [-0.1, -0.05) is 0 Å². The Bertz CT molecular complexity index is 685. The standard InChI is InChI=1S/C16H29N5O2S2.HI/c1-5-17-16(20(3)11-15-12-24-13(2)19-15)18-10-14-6-8-21(9-7-14)25(4,22)23;/h12,14H,5-11H2,1-4H3,(H,17,18);1H. The predicted molar refractivity (Wildman–Crippen MR) is 119 cm³/mol. The first-order valence-corrected chi connectivity index (χ1v) is 11.4. The first-order valence-electron chi connectivity index (χ1n) is 8.65. The maximum absolute atomic E-state index is 11.6. The van der Waals surface area contributed by atoms with Gasteiger partial charge in [0.15, 0.2) is 5.96 Å². The third-order valence-electron chi connectivity index (χ3n) is 4.30. The van der Waals surface area contributed by atoms with E-state index < -0.39 is 10.0 Å². The summed E-state index contributed by atoms with van der Waals surface area (Å²) in [6.07, 6.45) is 3.01. The number of hydrogen-bond acceptors (Lipinski definition) is 5. The average molecular weight is 515 g/mol. The fourth-order valence-electron chi connectivity index (χ4n) is 2.91. The average Bonchev–Trinajstić information content (AvgIpc) is 2.95. The molecular formula is C16H30IN5O2S2. The van der Waals surface area contributed by atoms with E-state index in [9.17, 15) is 8.42 Å². The number of aromatic nitrogens is 1. The van der Waals surface area contributed by atoms with Crippen molar-refractivity contribution in [2.75, 3.05) is 39.5 Å². The van der Waals surface area contributed by atoms with Gasteiger partial charge >= 0.3 is 0 Å². The predicted octanol–water partition coefficient (Wildman–Crippen LogP) is 2.14. The van der Waals surface area contributed by atoms with E-state index in [1.807, 2.05) is 14.0 Å². The van der Waals surface area contributed by atoms with Gasteiger partial charge in [-0.05, 0) is 32.6 Å². The molecule has 0 amide bonds. The van der Waals surface area contributed by atoms with Crippen molar-refractivity contribution in [1.82, 2.24) is 19.5 Å². The van der Waals surface area contributed by atoms with Crippen molar-refractivity contribution in [3.8, 4) is 0 Å². The molecule has 1 saturated heterocycles. The summed E-state index contributed by atoms with van der Waals surface area (Å²) in [5, 5.41) is 6.48. The van der Waals surface area contributed by atoms with Crippen molar-refractivity contribution >= 4 is 51.3 Å². The number of hydrogen-bond donors (Lipinski definition) is 1. The minimum Gasteiger partial charge on any atom is -0.357 e. The highest BCUT2D eigenvalue weighted by atomic mass is 127. The Morgan fingerprint density at radius 3 is 2.62 bits per heavy atom. The van der Waals surface area contributed by atoms with Gasteiger partial charge in [0.1, 0.15) is 0 Å². The van der Waals surface area contributed by atoms with Crippen LogP contribution in [0.1, 0.15) is 30.5 Å². The van der Waals surface area contributed by atoms with Gasteiger partial charge in [0.25, 0.3) is 0 Å². The molecule has 0 aromatic carbocycles. The number of piperidine rings is 1. The molecule has 0 radical (unpaired) electrons. The molecule has 1 fully saturated rings. The van der Waals surface area contributed by atoms with Crippen LogP contribution in [-0.2, 0) is 16.6 Å². The Hall–Kier alpha value is -0.460. The fraction of sp³-hybridized carbons (Fsp3) is 0.750. The number of nitrogens with zero attached hydrogens (tertiary/aromatic N) is 4. The van der Waals surface area contributed by atoms with E-state index in [-0.39, 0.29) is 24.0 Å². The number of rotatable bonds is 6. The second-order valence-electron chi connectivity index (χ2n) is 6.51. The molecule has 1 N–H and O–H groups in total. The molecule has 1 aromatic rings. The Morgan fingerprint density at radius 1 is 1.46 bits per heavy atom. The highest BCUT2D eigenvalue weighted by molar-refractivity contribution is 14.0. The molecule has 0 atom stereocenters. The van der Waals surface area contributed by atoms with E-state index in [2.05, 4.69) is 27.5 Å². The summed E-state index contributed by atoms with van der Waals surface area (Å²) in [6.45, 7) is 7.53. The van der Waals surface area contributed by atoms with Crippen LogP contribution in [0.4, 0.5) is 0 Å². The van der Waals surface area contributed by atoms with Gasteiger partial charge in [-0.15, -0.1) is 35.3 Å². The molecule has 150 valence electrons. The van der Waals surface area contributed by atoms with E-state index in [0.29, 0.717) is 19.0 Å². The van der Waals surface area contributed by atoms with Gasteiger partial charge in [-0.3, -0.25) is 4.99 Å². The zero-order valence-electron chi connectivity index (χ0n) is 15.9. The molecule has 0 bridgehead atoms. The number of thiazole rings is 1. The molecule has 0 saturated carbocycles. The summed E-state index contributed by atoms with van der Waals surface area (Å²) in [5.74, 6) is 1.31. The SMILES string of the molecule is CCNC(=NCC1CCN(S(C)(=O)=O)CC1)N(C)Cc1csc(C)n1.I. The van der Waals surface area contributed by atoms with Crippen LogP contribution >= 0.6 is 35.3 Å². The van der Waals surface area contributed by atoms with Crippen LogP contribution in [0.5, 0.6) is 0 Å². The lowest BCUT2D eigenvalue weighted by Crippen LogP contribution is -2.40. The van der Waals surface area contributed by atoms with E-state index >= 15 is 0 Å². The molecular weight excluding hydrogens is 485 g/mol. The maximum Gasteiger partial charge on any atom is 0.211 e. The van der Waals surface area contributed by atoms with Gasteiger partial charge in [-0.25, -0.2) is 17.7 Å². The maximum atomic E-state index is 11.6. The third-order valence-corrected chi connectivity index (χ3v) is 6.43. The highest BCUT2D eigenvalue weighted by Crippen LogP contribution is 2.19. The highest BCUT2D eigenvalue weighted by Gasteiger charge is 2.24. The Balaban J connectivity index is 0.00000338. The summed E-state index contributed by atoms with van der Waals surface area (Å²) in [4.78, 5) is 11.4. The van der Waals surface area contributed by atoms with Gasteiger partial charge < -0.3 is 10.2 Å². The van der Waals surface area contributed by atoms with Crippen LogP contribution in [0.3, 0.4) is 0 Å². The molecule has 7 nitrogen and oxygen atoms in total. The molecule has 26 heavy (non-hydrogen) atoms. The number of nitrogens with one attached hydrogen (secondary N) is 1. The molecule has 0 aliphatic carbocycles. The number of guanidine groups is 1. The van der Waals surface area contributed by atoms with Crippen LogP contribution < -0.4 is 5.32 Å². The van der Waals surface area contributed by atoms with E-state index in [4.69, 9.17) is 4.99 Å². The van der Waals surface area contributed by atoms with Gasteiger partial charge in [0.05, 0.1) is 23.5 Å². The summed E-state index contributed by atoms with van der Waals surface area (Å²) in [5.41, 5.74) is 1.05. The number of halogens is 1. The number of aliphatic imine (C=N–C) groups is 1. The Morgan fingerprint density at radius 2 is 2.12 bits per heavy atom. The lowest BCUT2D eigenvalue weighted by molar-refractivity contribution is 0.279. The van der Waals surface area contributed by atoms with Gasteiger partial charge in [-0.2, -0.15) is 0 Å². The zero-order chi connectivity index (χ0) is 18.4. The Labute approximate surface area is 178 Å². The molecule has 0 spiro atoms. The molecule has 1 aliphatic heterocycles. The first kappa shape index (κ1) is 23.6. The van der Waals surface area contributed by atoms with Gasteiger partial charge in [0, 0.05) is 38.6 Å². The third kappa shape index (κ3) is 7.28. The van der Waals surface area contributed by atoms with E-state index in [1.165, 1.54) is 6.26 Å². The summed E-state index contributed by atoms with van der Waals surface area (Å²) < 4.78 is 24.7. The monoisotopic (exact) mass is 515 g/mol. The zero-order valence-corrected chi connectivity index (χ0v) is 19.9. The first-order chi connectivity index (χ1) is 11.8. The van der Waals surface area contributed by atoms with E-state index in [0.717, 1.165) is 49.1 Å². The van der Waals surface area contributed by atoms with Crippen molar-refractivity contribution < 1.29 is 8.42 Å². The molecule has 2 heterocycles. The molecule has 10 heteroatoms. The normalized spacial score (nSPS) is 17.0. The van der Waals surface area contributed by atoms with E-state index in [1.54, 1.807) is 15.6 Å². The quantitative estimate of drug-likeness (QED) is 0.357. The molecule has 1 aliphatic rings. The van der Waals surface area contributed by atoms with Crippen molar-refractivity contribution in [2.24, 2.45) is 10.9 Å². The van der Waals surface area contributed by atoms with Crippen molar-refractivity contribution in [2.45, 2.75) is 33.2 Å². The van der Waals surface area contributed by atoms with Gasteiger partial charge in [0.2, 0.25) is 10.0 Å². The second-order valence-corrected chi connectivity index (χ2v) is 9.56. The lowest BCUT2D eigenvalue weighted by atomic mass is 9.98. The lowest BCUT2D eigenvalue weighted by Gasteiger charge is -2.30. The Kier molecular flexibility index (Phi) is 9.76. The fourth-order valence-corrected chi connectivity index (χ4v) is 4.39. The van der Waals surface area contributed by atoms with Crippen LogP contribution in [0, 0.1) is 12.8 Å². The smallest absolute Gasteiger partial charge is 0.211 e. The molecule has 2 rings (SSSR count). The summed E-state index contributed by atoms with van der Waals surface area (Å²) in [7, 11) is -1.05. The van der Waals surface area contributed by atoms with Crippen molar-refractivity contribution in [1.29, 1.82) is 0 Å². The topological polar surface area (TPSA) is 77.9 Å². The van der Waals surface area contributed by atoms with Crippen LogP contribution in [0.25, 0.3) is 0 Å². The van der Waals surface area contributed by atoms with Crippen molar-refractivity contribution in [3.63, 3.8) is 0 Å². The minimum absolute atomic E-state index is 0. The molecule has 1 aromatic heterocycles. The number of aryl methyl sites for hydroxylation is 1. The van der Waals surface area contributed by atoms with Crippen LogP contribution in [0.2, 0.25) is 0 Å².